The Bertz CT molecular complexity index is 814. The van der Waals surface area contributed by atoms with Crippen LogP contribution >= 0.6 is 0 Å². The molecule has 7 heteroatoms. The molecule has 3 amide bonds. The largest absolute Gasteiger partial charge is 0.478 e. The Morgan fingerprint density at radius 2 is 1.52 bits per heavy atom. The van der Waals surface area contributed by atoms with Crippen molar-refractivity contribution in [3.63, 3.8) is 0 Å². The molecule has 0 unspecified atom stereocenters. The van der Waals surface area contributed by atoms with Gasteiger partial charge in [-0.1, -0.05) is 12.1 Å². The molecule has 0 saturated heterocycles. The standard InChI is InChI=1S/C20H23N3O4/c1-13(2)21-20(27)22-17-10-8-15(9-11-17)18(24)23(3)12-14-4-6-16(7-5-14)19(25)26/h4-11,13H,12H2,1-3H3,(H,25,26)(H2,21,22,27). The summed E-state index contributed by atoms with van der Waals surface area (Å²) in [5, 5.41) is 14.3. The predicted octanol–water partition coefficient (Wildman–Crippen LogP) is 3.19. The number of amides is 3. The summed E-state index contributed by atoms with van der Waals surface area (Å²) < 4.78 is 0. The lowest BCUT2D eigenvalue weighted by Crippen LogP contribution is -2.34. The van der Waals surface area contributed by atoms with Crippen molar-refractivity contribution in [2.45, 2.75) is 26.4 Å². The number of hydrogen-bond donors (Lipinski definition) is 3. The van der Waals surface area contributed by atoms with Crippen molar-refractivity contribution in [3.05, 3.63) is 65.2 Å². The molecular weight excluding hydrogens is 346 g/mol. The predicted molar refractivity (Wildman–Crippen MR) is 103 cm³/mol. The molecule has 0 atom stereocenters. The van der Waals surface area contributed by atoms with E-state index in [1.165, 1.54) is 12.1 Å². The molecule has 0 saturated carbocycles. The zero-order valence-corrected chi connectivity index (χ0v) is 15.5. The van der Waals surface area contributed by atoms with Crippen LogP contribution in [0.1, 0.15) is 40.1 Å². The average Bonchev–Trinajstić information content (AvgIpc) is 2.61. The molecule has 0 fully saturated rings. The smallest absolute Gasteiger partial charge is 0.335 e. The number of aromatic carboxylic acids is 1. The molecule has 0 spiro atoms. The second-order valence-corrected chi connectivity index (χ2v) is 6.49. The molecule has 142 valence electrons. The highest BCUT2D eigenvalue weighted by Crippen LogP contribution is 2.13. The van der Waals surface area contributed by atoms with Gasteiger partial charge < -0.3 is 20.6 Å². The Morgan fingerprint density at radius 3 is 2.04 bits per heavy atom. The van der Waals surface area contributed by atoms with Gasteiger partial charge in [-0.3, -0.25) is 4.79 Å². The summed E-state index contributed by atoms with van der Waals surface area (Å²) in [5.41, 5.74) is 2.13. The van der Waals surface area contributed by atoms with E-state index in [9.17, 15) is 14.4 Å². The number of carbonyl (C=O) groups excluding carboxylic acids is 2. The first kappa shape index (κ1) is 20.0. The maximum Gasteiger partial charge on any atom is 0.335 e. The first-order valence-corrected chi connectivity index (χ1v) is 8.51. The highest BCUT2D eigenvalue weighted by Gasteiger charge is 2.13. The number of rotatable bonds is 6. The summed E-state index contributed by atoms with van der Waals surface area (Å²) in [4.78, 5) is 36.6. The van der Waals surface area contributed by atoms with Crippen LogP contribution in [0.4, 0.5) is 10.5 Å². The Hall–Kier alpha value is -3.35. The van der Waals surface area contributed by atoms with Crippen molar-refractivity contribution in [2.24, 2.45) is 0 Å². The number of anilines is 1. The molecular formula is C20H23N3O4. The van der Waals surface area contributed by atoms with Gasteiger partial charge in [0.1, 0.15) is 0 Å². The summed E-state index contributed by atoms with van der Waals surface area (Å²) in [6.07, 6.45) is 0. The van der Waals surface area contributed by atoms with Gasteiger partial charge in [0, 0.05) is 30.9 Å². The molecule has 27 heavy (non-hydrogen) atoms. The first-order valence-electron chi connectivity index (χ1n) is 8.51. The minimum atomic E-state index is -0.984. The highest BCUT2D eigenvalue weighted by molar-refractivity contribution is 5.95. The third-order valence-corrected chi connectivity index (χ3v) is 3.78. The van der Waals surface area contributed by atoms with Gasteiger partial charge in [0.2, 0.25) is 0 Å². The maximum atomic E-state index is 12.5. The van der Waals surface area contributed by atoms with Crippen molar-refractivity contribution in [2.75, 3.05) is 12.4 Å². The summed E-state index contributed by atoms with van der Waals surface area (Å²) >= 11 is 0. The molecule has 0 heterocycles. The van der Waals surface area contributed by atoms with Gasteiger partial charge >= 0.3 is 12.0 Å². The summed E-state index contributed by atoms with van der Waals surface area (Å²) in [6.45, 7) is 4.09. The van der Waals surface area contributed by atoms with Crippen LogP contribution in [0, 0.1) is 0 Å². The molecule has 2 rings (SSSR count). The molecule has 0 bridgehead atoms. The van der Waals surface area contributed by atoms with Crippen LogP contribution in [0.5, 0.6) is 0 Å². The van der Waals surface area contributed by atoms with Crippen LogP contribution < -0.4 is 10.6 Å². The SMILES string of the molecule is CC(C)NC(=O)Nc1ccc(C(=O)N(C)Cc2ccc(C(=O)O)cc2)cc1. The van der Waals surface area contributed by atoms with E-state index in [2.05, 4.69) is 10.6 Å². The van der Waals surface area contributed by atoms with Crippen LogP contribution in [0.15, 0.2) is 48.5 Å². The van der Waals surface area contributed by atoms with Gasteiger partial charge in [-0.2, -0.15) is 0 Å². The van der Waals surface area contributed by atoms with Crippen LogP contribution in [0.25, 0.3) is 0 Å². The van der Waals surface area contributed by atoms with Crippen molar-refractivity contribution >= 4 is 23.6 Å². The highest BCUT2D eigenvalue weighted by atomic mass is 16.4. The fraction of sp³-hybridized carbons (Fsp3) is 0.250. The normalized spacial score (nSPS) is 10.4. The van der Waals surface area contributed by atoms with Crippen molar-refractivity contribution < 1.29 is 19.5 Å². The van der Waals surface area contributed by atoms with E-state index in [1.54, 1.807) is 48.3 Å². The Labute approximate surface area is 158 Å². The van der Waals surface area contributed by atoms with Gasteiger partial charge in [0.05, 0.1) is 5.56 Å². The molecule has 0 aliphatic heterocycles. The summed E-state index contributed by atoms with van der Waals surface area (Å²) in [7, 11) is 1.68. The molecule has 0 aromatic heterocycles. The van der Waals surface area contributed by atoms with Crippen molar-refractivity contribution in [1.82, 2.24) is 10.2 Å². The van der Waals surface area contributed by atoms with Crippen LogP contribution in [0.3, 0.4) is 0 Å². The fourth-order valence-electron chi connectivity index (χ4n) is 2.44. The number of carbonyl (C=O) groups is 3. The lowest BCUT2D eigenvalue weighted by atomic mass is 10.1. The van der Waals surface area contributed by atoms with E-state index < -0.39 is 5.97 Å². The Balaban J connectivity index is 1.97. The molecule has 0 aliphatic rings. The third kappa shape index (κ3) is 5.85. The lowest BCUT2D eigenvalue weighted by molar-refractivity contribution is 0.0695. The van der Waals surface area contributed by atoms with E-state index in [0.717, 1.165) is 5.56 Å². The first-order chi connectivity index (χ1) is 12.8. The van der Waals surface area contributed by atoms with Gasteiger partial charge in [-0.15, -0.1) is 0 Å². The molecule has 2 aromatic carbocycles. The number of nitrogens with zero attached hydrogens (tertiary/aromatic N) is 1. The third-order valence-electron chi connectivity index (χ3n) is 3.78. The van der Waals surface area contributed by atoms with Crippen molar-refractivity contribution in [1.29, 1.82) is 0 Å². The van der Waals surface area contributed by atoms with Gasteiger partial charge in [0.15, 0.2) is 0 Å². The van der Waals surface area contributed by atoms with Crippen LogP contribution in [-0.4, -0.2) is 41.0 Å². The molecule has 0 aliphatic carbocycles. The van der Waals surface area contributed by atoms with E-state index in [0.29, 0.717) is 17.8 Å². The average molecular weight is 369 g/mol. The second kappa shape index (κ2) is 8.84. The Kier molecular flexibility index (Phi) is 6.54. The Morgan fingerprint density at radius 1 is 0.963 bits per heavy atom. The summed E-state index contributed by atoms with van der Waals surface area (Å²) in [5.74, 6) is -1.16. The van der Waals surface area contributed by atoms with Crippen LogP contribution in [0.2, 0.25) is 0 Å². The number of urea groups is 1. The van der Waals surface area contributed by atoms with Gasteiger partial charge in [-0.25, -0.2) is 9.59 Å². The quantitative estimate of drug-likeness (QED) is 0.728. The van der Waals surface area contributed by atoms with E-state index in [4.69, 9.17) is 5.11 Å². The van der Waals surface area contributed by atoms with E-state index >= 15 is 0 Å². The molecule has 2 aromatic rings. The van der Waals surface area contributed by atoms with Gasteiger partial charge in [-0.05, 0) is 55.8 Å². The lowest BCUT2D eigenvalue weighted by Gasteiger charge is -2.18. The van der Waals surface area contributed by atoms with Gasteiger partial charge in [0.25, 0.3) is 5.91 Å². The maximum absolute atomic E-state index is 12.5. The molecule has 7 nitrogen and oxygen atoms in total. The molecule has 3 N–H and O–H groups in total. The fourth-order valence-corrected chi connectivity index (χ4v) is 2.44. The zero-order chi connectivity index (χ0) is 20.0. The minimum absolute atomic E-state index is 0.0315. The minimum Gasteiger partial charge on any atom is -0.478 e. The zero-order valence-electron chi connectivity index (χ0n) is 15.5. The summed E-state index contributed by atoms with van der Waals surface area (Å²) in [6, 6.07) is 12.8. The van der Waals surface area contributed by atoms with Crippen molar-refractivity contribution in [3.8, 4) is 0 Å². The number of carboxylic acids is 1. The second-order valence-electron chi connectivity index (χ2n) is 6.49. The molecule has 0 radical (unpaired) electrons. The monoisotopic (exact) mass is 369 g/mol. The number of nitrogens with one attached hydrogen (secondary N) is 2. The van der Waals surface area contributed by atoms with E-state index in [-0.39, 0.29) is 23.5 Å². The van der Waals surface area contributed by atoms with Crippen LogP contribution in [-0.2, 0) is 6.54 Å². The topological polar surface area (TPSA) is 98.7 Å². The van der Waals surface area contributed by atoms with E-state index in [1.807, 2.05) is 13.8 Å². The number of carboxylic acid groups (broad SMARTS) is 1. The number of benzene rings is 2. The number of hydrogen-bond acceptors (Lipinski definition) is 3.